The summed E-state index contributed by atoms with van der Waals surface area (Å²) in [5.41, 5.74) is 0.170. The summed E-state index contributed by atoms with van der Waals surface area (Å²) in [7, 11) is 1.79. The maximum atomic E-state index is 12.4. The van der Waals surface area contributed by atoms with Crippen molar-refractivity contribution in [3.8, 4) is 0 Å². The van der Waals surface area contributed by atoms with E-state index in [9.17, 15) is 4.79 Å². The minimum absolute atomic E-state index is 0.190. The van der Waals surface area contributed by atoms with Gasteiger partial charge in [-0.3, -0.25) is 9.48 Å². The third-order valence-corrected chi connectivity index (χ3v) is 4.01. The number of nitrogens with zero attached hydrogens (tertiary/aromatic N) is 5. The van der Waals surface area contributed by atoms with Crippen molar-refractivity contribution in [1.82, 2.24) is 24.5 Å². The summed E-state index contributed by atoms with van der Waals surface area (Å²) >= 11 is 6.07. The van der Waals surface area contributed by atoms with Crippen LogP contribution in [0.25, 0.3) is 0 Å². The lowest BCUT2D eigenvalue weighted by molar-refractivity contribution is 0.262. The number of hydrogen-bond acceptors (Lipinski definition) is 5. The average Bonchev–Trinajstić information content (AvgIpc) is 2.81. The van der Waals surface area contributed by atoms with E-state index >= 15 is 0 Å². The van der Waals surface area contributed by atoms with Gasteiger partial charge in [0.25, 0.3) is 5.56 Å². The number of rotatable bonds is 5. The van der Waals surface area contributed by atoms with E-state index in [2.05, 4.69) is 20.5 Å². The van der Waals surface area contributed by atoms with Crippen LogP contribution in [0.2, 0.25) is 5.02 Å². The highest BCUT2D eigenvalue weighted by molar-refractivity contribution is 6.32. The number of anilines is 1. The molecule has 1 aliphatic rings. The van der Waals surface area contributed by atoms with E-state index in [1.807, 2.05) is 0 Å². The predicted octanol–water partition coefficient (Wildman–Crippen LogP) is 1.44. The van der Waals surface area contributed by atoms with Gasteiger partial charge in [0.2, 0.25) is 0 Å². The molecule has 0 bridgehead atoms. The Morgan fingerprint density at radius 2 is 2.29 bits per heavy atom. The molecule has 2 heterocycles. The first-order valence-electron chi connectivity index (χ1n) is 6.97. The lowest BCUT2D eigenvalue weighted by atomic mass is 9.85. The van der Waals surface area contributed by atoms with Crippen LogP contribution in [0.4, 0.5) is 5.69 Å². The first kappa shape index (κ1) is 14.1. The monoisotopic (exact) mass is 308 g/mol. The molecule has 1 fully saturated rings. The molecule has 0 radical (unpaired) electrons. The maximum absolute atomic E-state index is 12.4. The van der Waals surface area contributed by atoms with Crippen molar-refractivity contribution in [2.45, 2.75) is 32.4 Å². The molecule has 0 saturated heterocycles. The molecule has 0 unspecified atom stereocenters. The van der Waals surface area contributed by atoms with Crippen molar-refractivity contribution in [1.29, 1.82) is 0 Å². The Bertz CT molecular complexity index is 690. The maximum Gasteiger partial charge on any atom is 0.291 e. The molecule has 1 N–H and O–H groups in total. The molecular formula is C13H17ClN6O. The molecule has 8 heteroatoms. The fourth-order valence-corrected chi connectivity index (χ4v) is 2.50. The molecule has 2 aromatic heterocycles. The summed E-state index contributed by atoms with van der Waals surface area (Å²) in [4.78, 5) is 16.5. The minimum atomic E-state index is -0.190. The van der Waals surface area contributed by atoms with Gasteiger partial charge in [0, 0.05) is 13.6 Å². The second kappa shape index (κ2) is 5.85. The zero-order chi connectivity index (χ0) is 14.8. The normalized spacial score (nSPS) is 15.0. The van der Waals surface area contributed by atoms with Crippen molar-refractivity contribution in [2.24, 2.45) is 13.0 Å². The van der Waals surface area contributed by atoms with Crippen LogP contribution in [0.3, 0.4) is 0 Å². The third kappa shape index (κ3) is 3.07. The molecule has 0 spiro atoms. The summed E-state index contributed by atoms with van der Waals surface area (Å²) in [6.07, 6.45) is 6.69. The second-order valence-corrected chi connectivity index (χ2v) is 5.75. The average molecular weight is 309 g/mol. The quantitative estimate of drug-likeness (QED) is 0.904. The molecule has 3 rings (SSSR count). The van der Waals surface area contributed by atoms with Crippen molar-refractivity contribution in [3.05, 3.63) is 33.7 Å². The van der Waals surface area contributed by atoms with E-state index in [-0.39, 0.29) is 5.56 Å². The largest absolute Gasteiger partial charge is 0.372 e. The molecule has 0 amide bonds. The van der Waals surface area contributed by atoms with Crippen LogP contribution < -0.4 is 10.9 Å². The van der Waals surface area contributed by atoms with Gasteiger partial charge >= 0.3 is 0 Å². The standard InChI is InChI=1S/C13H17ClN6O/c1-19-8-16-11(18-19)6-15-12-10(14)5-17-20(13(12)21)7-9-3-2-4-9/h5,8-9,15H,2-4,6-7H2,1H3. The third-order valence-electron chi connectivity index (χ3n) is 3.72. The molecule has 0 aromatic carbocycles. The summed E-state index contributed by atoms with van der Waals surface area (Å²) in [5.74, 6) is 1.16. The molecule has 0 aliphatic heterocycles. The highest BCUT2D eigenvalue weighted by atomic mass is 35.5. The van der Waals surface area contributed by atoms with Gasteiger partial charge in [-0.25, -0.2) is 9.67 Å². The lowest BCUT2D eigenvalue weighted by Crippen LogP contribution is -2.30. The molecule has 0 atom stereocenters. The lowest BCUT2D eigenvalue weighted by Gasteiger charge is -2.25. The number of aromatic nitrogens is 5. The summed E-state index contributed by atoms with van der Waals surface area (Å²) in [5, 5.41) is 11.6. The van der Waals surface area contributed by atoms with Gasteiger partial charge < -0.3 is 5.32 Å². The summed E-state index contributed by atoms with van der Waals surface area (Å²) in [6.45, 7) is 1.01. The highest BCUT2D eigenvalue weighted by Crippen LogP contribution is 2.27. The van der Waals surface area contributed by atoms with Gasteiger partial charge in [-0.05, 0) is 18.8 Å². The number of halogens is 1. The first-order valence-corrected chi connectivity index (χ1v) is 7.35. The number of aryl methyl sites for hydroxylation is 1. The van der Waals surface area contributed by atoms with Crippen molar-refractivity contribution in [3.63, 3.8) is 0 Å². The van der Waals surface area contributed by atoms with Crippen molar-refractivity contribution < 1.29 is 0 Å². The van der Waals surface area contributed by atoms with Gasteiger partial charge in [-0.2, -0.15) is 10.2 Å². The molecule has 21 heavy (non-hydrogen) atoms. The van der Waals surface area contributed by atoms with Gasteiger partial charge in [0.05, 0.1) is 17.8 Å². The van der Waals surface area contributed by atoms with E-state index in [0.717, 1.165) is 12.8 Å². The first-order chi connectivity index (χ1) is 10.1. The fraction of sp³-hybridized carbons (Fsp3) is 0.538. The zero-order valence-electron chi connectivity index (χ0n) is 11.8. The van der Waals surface area contributed by atoms with Gasteiger partial charge in [-0.15, -0.1) is 0 Å². The summed E-state index contributed by atoms with van der Waals surface area (Å²) in [6, 6.07) is 0. The fourth-order valence-electron chi connectivity index (χ4n) is 2.31. The topological polar surface area (TPSA) is 77.6 Å². The SMILES string of the molecule is Cn1cnc(CNc2c(Cl)cnn(CC3CCC3)c2=O)n1. The molecule has 112 valence electrons. The Hall–Kier alpha value is -1.89. The summed E-state index contributed by atoms with van der Waals surface area (Å²) < 4.78 is 3.10. The second-order valence-electron chi connectivity index (χ2n) is 5.34. The van der Waals surface area contributed by atoms with Crippen LogP contribution in [0, 0.1) is 5.92 Å². The molecule has 1 aliphatic carbocycles. The van der Waals surface area contributed by atoms with E-state index in [4.69, 9.17) is 11.6 Å². The molecule has 7 nitrogen and oxygen atoms in total. The Balaban J connectivity index is 1.76. The smallest absolute Gasteiger partial charge is 0.291 e. The van der Waals surface area contributed by atoms with Crippen molar-refractivity contribution >= 4 is 17.3 Å². The van der Waals surface area contributed by atoms with Crippen LogP contribution in [-0.4, -0.2) is 24.5 Å². The van der Waals surface area contributed by atoms with Gasteiger partial charge in [0.1, 0.15) is 12.0 Å². The van der Waals surface area contributed by atoms with E-state index < -0.39 is 0 Å². The number of hydrogen-bond donors (Lipinski definition) is 1. The Morgan fingerprint density at radius 1 is 1.48 bits per heavy atom. The van der Waals surface area contributed by atoms with Gasteiger partial charge in [0.15, 0.2) is 5.82 Å². The van der Waals surface area contributed by atoms with Crippen LogP contribution in [0.1, 0.15) is 25.1 Å². The van der Waals surface area contributed by atoms with Crippen LogP contribution in [0.5, 0.6) is 0 Å². The van der Waals surface area contributed by atoms with Gasteiger partial charge in [-0.1, -0.05) is 18.0 Å². The Morgan fingerprint density at radius 3 is 2.90 bits per heavy atom. The van der Waals surface area contributed by atoms with Crippen LogP contribution >= 0.6 is 11.6 Å². The van der Waals surface area contributed by atoms with E-state index in [0.29, 0.717) is 35.5 Å². The van der Waals surface area contributed by atoms with Crippen molar-refractivity contribution in [2.75, 3.05) is 5.32 Å². The zero-order valence-corrected chi connectivity index (χ0v) is 12.5. The Labute approximate surface area is 126 Å². The predicted molar refractivity (Wildman–Crippen MR) is 79.2 cm³/mol. The molecule has 2 aromatic rings. The minimum Gasteiger partial charge on any atom is -0.372 e. The highest BCUT2D eigenvalue weighted by Gasteiger charge is 2.20. The van der Waals surface area contributed by atoms with Crippen LogP contribution in [0.15, 0.2) is 17.3 Å². The Kier molecular flexibility index (Phi) is 3.92. The van der Waals surface area contributed by atoms with E-state index in [1.54, 1.807) is 18.1 Å². The number of nitrogens with one attached hydrogen (secondary N) is 1. The molecular weight excluding hydrogens is 292 g/mol. The van der Waals surface area contributed by atoms with Crippen LogP contribution in [-0.2, 0) is 20.1 Å². The van der Waals surface area contributed by atoms with E-state index in [1.165, 1.54) is 17.3 Å². The molecule has 1 saturated carbocycles.